The van der Waals surface area contributed by atoms with Crippen LogP contribution in [0.3, 0.4) is 0 Å². The predicted molar refractivity (Wildman–Crippen MR) is 50.4 cm³/mol. The summed E-state index contributed by atoms with van der Waals surface area (Å²) in [4.78, 5) is 22.4. The van der Waals surface area contributed by atoms with Crippen LogP contribution in [0.25, 0.3) is 0 Å². The molecule has 1 saturated heterocycles. The number of carbonyl (C=O) groups is 2. The average Bonchev–Trinajstić information content (AvgIpc) is 2.51. The number of amides is 2. The fourth-order valence-electron chi connectivity index (χ4n) is 1.27. The van der Waals surface area contributed by atoms with Gasteiger partial charge in [-0.3, -0.25) is 9.59 Å². The summed E-state index contributed by atoms with van der Waals surface area (Å²) in [5.41, 5.74) is -0.622. The third-order valence-corrected chi connectivity index (χ3v) is 2.21. The van der Waals surface area contributed by atoms with E-state index in [2.05, 4.69) is 10.6 Å². The van der Waals surface area contributed by atoms with E-state index in [9.17, 15) is 9.59 Å². The van der Waals surface area contributed by atoms with Crippen LogP contribution in [0.15, 0.2) is 0 Å². The highest BCUT2D eigenvalue weighted by Gasteiger charge is 2.30. The third-order valence-electron chi connectivity index (χ3n) is 2.21. The first-order chi connectivity index (χ1) is 6.44. The molecule has 0 spiro atoms. The quantitative estimate of drug-likeness (QED) is 0.547. The summed E-state index contributed by atoms with van der Waals surface area (Å²) >= 11 is 0. The van der Waals surface area contributed by atoms with Gasteiger partial charge in [0, 0.05) is 13.0 Å². The molecule has 1 aliphatic rings. The molecule has 0 aromatic heterocycles. The Morgan fingerprint density at radius 2 is 2.36 bits per heavy atom. The van der Waals surface area contributed by atoms with Crippen LogP contribution in [-0.2, 0) is 9.59 Å². The molecule has 1 rings (SSSR count). The zero-order chi connectivity index (χ0) is 10.8. The van der Waals surface area contributed by atoms with Gasteiger partial charge in [0.25, 0.3) is 0 Å². The maximum absolute atomic E-state index is 11.6. The molecular weight excluding hydrogens is 184 g/mol. The van der Waals surface area contributed by atoms with Gasteiger partial charge in [-0.2, -0.15) is 0 Å². The third kappa shape index (κ3) is 2.70. The van der Waals surface area contributed by atoms with Crippen LogP contribution in [0, 0.1) is 5.92 Å². The van der Waals surface area contributed by atoms with Gasteiger partial charge in [0.15, 0.2) is 0 Å². The lowest BCUT2D eigenvalue weighted by molar-refractivity contribution is -0.128. The van der Waals surface area contributed by atoms with Crippen molar-refractivity contribution < 1.29 is 14.7 Å². The highest BCUT2D eigenvalue weighted by Crippen LogP contribution is 2.11. The van der Waals surface area contributed by atoms with Crippen molar-refractivity contribution in [3.63, 3.8) is 0 Å². The van der Waals surface area contributed by atoms with E-state index in [1.165, 1.54) is 0 Å². The molecule has 1 atom stereocenters. The Balaban J connectivity index is 2.46. The van der Waals surface area contributed by atoms with E-state index >= 15 is 0 Å². The fourth-order valence-corrected chi connectivity index (χ4v) is 1.27. The van der Waals surface area contributed by atoms with Crippen molar-refractivity contribution in [1.82, 2.24) is 10.6 Å². The van der Waals surface area contributed by atoms with Crippen molar-refractivity contribution in [3.8, 4) is 0 Å². The van der Waals surface area contributed by atoms with Crippen molar-refractivity contribution in [1.29, 1.82) is 0 Å². The number of aliphatic hydroxyl groups is 1. The Kier molecular flexibility index (Phi) is 3.10. The number of carbonyl (C=O) groups excluding carboxylic acids is 2. The molecule has 80 valence electrons. The largest absolute Gasteiger partial charge is 0.394 e. The van der Waals surface area contributed by atoms with Crippen LogP contribution in [0.1, 0.15) is 20.3 Å². The number of nitrogens with one attached hydrogen (secondary N) is 2. The van der Waals surface area contributed by atoms with Gasteiger partial charge in [-0.1, -0.05) is 0 Å². The molecule has 1 fully saturated rings. The topological polar surface area (TPSA) is 78.4 Å². The predicted octanol–water partition coefficient (Wildman–Crippen LogP) is -0.990. The van der Waals surface area contributed by atoms with E-state index in [-0.39, 0.29) is 30.8 Å². The Morgan fingerprint density at radius 1 is 1.71 bits per heavy atom. The van der Waals surface area contributed by atoms with E-state index in [1.807, 2.05) is 0 Å². The smallest absolute Gasteiger partial charge is 0.225 e. The summed E-state index contributed by atoms with van der Waals surface area (Å²) < 4.78 is 0. The van der Waals surface area contributed by atoms with Crippen LogP contribution in [0.5, 0.6) is 0 Å². The zero-order valence-electron chi connectivity index (χ0n) is 8.46. The first-order valence-corrected chi connectivity index (χ1v) is 4.64. The molecule has 1 aliphatic heterocycles. The molecule has 3 N–H and O–H groups in total. The van der Waals surface area contributed by atoms with Crippen molar-refractivity contribution in [2.45, 2.75) is 25.8 Å². The minimum absolute atomic E-state index is 0.0908. The SMILES string of the molecule is CC(C)(CO)NC(=O)C1CNC(=O)C1. The molecular formula is C9H16N2O3. The van der Waals surface area contributed by atoms with E-state index in [0.29, 0.717) is 6.54 Å². The molecule has 0 saturated carbocycles. The van der Waals surface area contributed by atoms with Crippen LogP contribution in [-0.4, -0.2) is 35.6 Å². The monoisotopic (exact) mass is 200 g/mol. The second-order valence-corrected chi connectivity index (χ2v) is 4.24. The van der Waals surface area contributed by atoms with E-state index < -0.39 is 5.54 Å². The first kappa shape index (κ1) is 11.0. The highest BCUT2D eigenvalue weighted by molar-refractivity contribution is 5.89. The van der Waals surface area contributed by atoms with E-state index in [4.69, 9.17) is 5.11 Å². The van der Waals surface area contributed by atoms with Gasteiger partial charge in [-0.05, 0) is 13.8 Å². The minimum atomic E-state index is -0.622. The normalized spacial score (nSPS) is 21.9. The van der Waals surface area contributed by atoms with Crippen LogP contribution in [0.2, 0.25) is 0 Å². The first-order valence-electron chi connectivity index (χ1n) is 4.64. The number of rotatable bonds is 3. The maximum Gasteiger partial charge on any atom is 0.225 e. The van der Waals surface area contributed by atoms with Crippen LogP contribution in [0.4, 0.5) is 0 Å². The summed E-state index contributed by atoms with van der Waals surface area (Å²) in [5, 5.41) is 14.2. The van der Waals surface area contributed by atoms with Gasteiger partial charge in [-0.25, -0.2) is 0 Å². The molecule has 14 heavy (non-hydrogen) atoms. The Labute approximate surface area is 82.9 Å². The Bertz CT molecular complexity index is 250. The van der Waals surface area contributed by atoms with E-state index in [1.54, 1.807) is 13.8 Å². The van der Waals surface area contributed by atoms with Gasteiger partial charge < -0.3 is 15.7 Å². The summed E-state index contributed by atoms with van der Waals surface area (Å²) in [6, 6.07) is 0. The molecule has 0 aromatic rings. The lowest BCUT2D eigenvalue weighted by Gasteiger charge is -2.24. The highest BCUT2D eigenvalue weighted by atomic mass is 16.3. The zero-order valence-corrected chi connectivity index (χ0v) is 8.46. The second-order valence-electron chi connectivity index (χ2n) is 4.24. The van der Waals surface area contributed by atoms with Gasteiger partial charge in [0.2, 0.25) is 11.8 Å². The van der Waals surface area contributed by atoms with Crippen molar-refractivity contribution in [3.05, 3.63) is 0 Å². The van der Waals surface area contributed by atoms with Crippen molar-refractivity contribution in [2.75, 3.05) is 13.2 Å². The molecule has 1 heterocycles. The number of hydrogen-bond donors (Lipinski definition) is 3. The van der Waals surface area contributed by atoms with Crippen LogP contribution >= 0.6 is 0 Å². The maximum atomic E-state index is 11.6. The van der Waals surface area contributed by atoms with Gasteiger partial charge in [-0.15, -0.1) is 0 Å². The number of hydrogen-bond acceptors (Lipinski definition) is 3. The van der Waals surface area contributed by atoms with Gasteiger partial charge in [0.1, 0.15) is 0 Å². The lowest BCUT2D eigenvalue weighted by Crippen LogP contribution is -2.48. The molecule has 2 amide bonds. The minimum Gasteiger partial charge on any atom is -0.394 e. The number of aliphatic hydroxyl groups excluding tert-OH is 1. The van der Waals surface area contributed by atoms with Crippen molar-refractivity contribution in [2.24, 2.45) is 5.92 Å². The molecule has 0 radical (unpaired) electrons. The molecule has 0 aliphatic carbocycles. The van der Waals surface area contributed by atoms with Crippen LogP contribution < -0.4 is 10.6 Å². The van der Waals surface area contributed by atoms with Gasteiger partial charge in [0.05, 0.1) is 18.1 Å². The van der Waals surface area contributed by atoms with Crippen molar-refractivity contribution >= 4 is 11.8 Å². The Hall–Kier alpha value is -1.10. The summed E-state index contributed by atoms with van der Waals surface area (Å²) in [6.45, 7) is 3.74. The van der Waals surface area contributed by atoms with E-state index in [0.717, 1.165) is 0 Å². The fraction of sp³-hybridized carbons (Fsp3) is 0.778. The molecule has 0 aromatic carbocycles. The molecule has 0 bridgehead atoms. The average molecular weight is 200 g/mol. The van der Waals surface area contributed by atoms with Gasteiger partial charge >= 0.3 is 0 Å². The lowest BCUT2D eigenvalue weighted by atomic mass is 10.0. The Morgan fingerprint density at radius 3 is 2.79 bits per heavy atom. The summed E-state index contributed by atoms with van der Waals surface area (Å²) in [7, 11) is 0. The molecule has 1 unspecified atom stereocenters. The summed E-state index contributed by atoms with van der Waals surface area (Å²) in [5.74, 6) is -0.567. The standard InChI is InChI=1S/C9H16N2O3/c1-9(2,5-12)11-8(14)6-3-7(13)10-4-6/h6,12H,3-5H2,1-2H3,(H,10,13)(H,11,14). The second kappa shape index (κ2) is 3.96. The molecule has 5 heteroatoms. The molecule has 5 nitrogen and oxygen atoms in total. The summed E-state index contributed by atoms with van der Waals surface area (Å²) in [6.07, 6.45) is 0.243.